The summed E-state index contributed by atoms with van der Waals surface area (Å²) in [4.78, 5) is 5.76. The minimum atomic E-state index is -0.586. The van der Waals surface area contributed by atoms with Crippen LogP contribution in [-0.4, -0.2) is 42.6 Å². The molecule has 0 radical (unpaired) electrons. The number of hydrogen-bond acceptors (Lipinski definition) is 4. The van der Waals surface area contributed by atoms with Gasteiger partial charge in [0.15, 0.2) is 11.6 Å². The molecule has 0 atom stereocenters. The average Bonchev–Trinajstić information content (AvgIpc) is 2.55. The molecule has 1 saturated heterocycles. The van der Waals surface area contributed by atoms with Crippen LogP contribution in [0.4, 0.5) is 19.0 Å². The second-order valence-electron chi connectivity index (χ2n) is 5.55. The van der Waals surface area contributed by atoms with Crippen LogP contribution in [-0.2, 0) is 11.3 Å². The Morgan fingerprint density at radius 2 is 2.08 bits per heavy atom. The highest BCUT2D eigenvalue weighted by Crippen LogP contribution is 2.29. The zero-order valence-corrected chi connectivity index (χ0v) is 12.9. The number of aliphatic hydroxyl groups is 1. The zero-order valence-electron chi connectivity index (χ0n) is 12.9. The summed E-state index contributed by atoms with van der Waals surface area (Å²) < 4.78 is 45.8. The lowest BCUT2D eigenvalue weighted by Crippen LogP contribution is -2.53. The van der Waals surface area contributed by atoms with Crippen LogP contribution in [0.3, 0.4) is 0 Å². The summed E-state index contributed by atoms with van der Waals surface area (Å²) in [6.45, 7) is -0.0545. The first-order valence-electron chi connectivity index (χ1n) is 7.60. The fourth-order valence-corrected chi connectivity index (χ4v) is 2.66. The molecule has 1 N–H and O–H groups in total. The highest BCUT2D eigenvalue weighted by atomic mass is 19.1. The summed E-state index contributed by atoms with van der Waals surface area (Å²) in [6.07, 6.45) is 1.27. The number of alkyl halides is 1. The molecule has 0 aliphatic carbocycles. The molecule has 128 valence electrons. The molecule has 1 aliphatic rings. The van der Waals surface area contributed by atoms with Gasteiger partial charge in [-0.15, -0.1) is 0 Å². The molecule has 0 unspecified atom stereocenters. The largest absolute Gasteiger partial charge is 0.392 e. The average molecular weight is 338 g/mol. The van der Waals surface area contributed by atoms with E-state index in [1.165, 1.54) is 24.4 Å². The van der Waals surface area contributed by atoms with Crippen LogP contribution in [0.15, 0.2) is 30.5 Å². The Balaban J connectivity index is 1.77. The minimum absolute atomic E-state index is 0.0355. The van der Waals surface area contributed by atoms with Crippen LogP contribution in [0.5, 0.6) is 0 Å². The predicted octanol–water partition coefficient (Wildman–Crippen LogP) is 2.69. The minimum Gasteiger partial charge on any atom is -0.392 e. The zero-order chi connectivity index (χ0) is 17.1. The van der Waals surface area contributed by atoms with Gasteiger partial charge >= 0.3 is 0 Å². The van der Waals surface area contributed by atoms with Gasteiger partial charge in [-0.1, -0.05) is 18.2 Å². The molecule has 7 heteroatoms. The van der Waals surface area contributed by atoms with Crippen molar-refractivity contribution < 1.29 is 23.0 Å². The Labute approximate surface area is 137 Å². The third kappa shape index (κ3) is 3.22. The quantitative estimate of drug-likeness (QED) is 0.880. The Hall–Kier alpha value is -2.12. The summed E-state index contributed by atoms with van der Waals surface area (Å²) in [5.41, 5.74) is 0.634. The summed E-state index contributed by atoms with van der Waals surface area (Å²) in [5.74, 6) is -0.986. The molecule has 1 aromatic heterocycles. The number of ether oxygens (including phenoxy) is 1. The summed E-state index contributed by atoms with van der Waals surface area (Å²) >= 11 is 0. The third-order valence-electron chi connectivity index (χ3n) is 3.96. The van der Waals surface area contributed by atoms with Crippen molar-refractivity contribution in [1.29, 1.82) is 0 Å². The van der Waals surface area contributed by atoms with Gasteiger partial charge in [0.1, 0.15) is 12.5 Å². The van der Waals surface area contributed by atoms with Gasteiger partial charge in [0.25, 0.3) is 0 Å². The van der Waals surface area contributed by atoms with Crippen molar-refractivity contribution in [3.05, 3.63) is 47.7 Å². The molecular formula is C17H17F3N2O2. The van der Waals surface area contributed by atoms with E-state index >= 15 is 0 Å². The SMILES string of the molecule is OCc1cccc(-c2cnc(N3CC(OCCF)C3)c(F)c2)c1F. The Bertz CT molecular complexity index is 721. The molecule has 1 fully saturated rings. The molecule has 3 rings (SSSR count). The van der Waals surface area contributed by atoms with E-state index in [-0.39, 0.29) is 29.7 Å². The van der Waals surface area contributed by atoms with E-state index in [9.17, 15) is 13.2 Å². The lowest BCUT2D eigenvalue weighted by Gasteiger charge is -2.39. The van der Waals surface area contributed by atoms with Gasteiger partial charge in [-0.05, 0) is 6.07 Å². The van der Waals surface area contributed by atoms with Crippen LogP contribution in [0, 0.1) is 11.6 Å². The Kier molecular flexibility index (Phi) is 5.01. The van der Waals surface area contributed by atoms with Crippen LogP contribution in [0.25, 0.3) is 11.1 Å². The first kappa shape index (κ1) is 16.7. The molecule has 0 bridgehead atoms. The first-order valence-corrected chi connectivity index (χ1v) is 7.60. The van der Waals surface area contributed by atoms with Crippen molar-refractivity contribution in [2.24, 2.45) is 0 Å². The van der Waals surface area contributed by atoms with Gasteiger partial charge in [-0.2, -0.15) is 0 Å². The normalized spacial score (nSPS) is 14.8. The van der Waals surface area contributed by atoms with E-state index in [0.717, 1.165) is 0 Å². The highest BCUT2D eigenvalue weighted by Gasteiger charge is 2.30. The molecule has 2 heterocycles. The molecule has 0 amide bonds. The van der Waals surface area contributed by atoms with Crippen molar-refractivity contribution in [1.82, 2.24) is 4.98 Å². The number of aromatic nitrogens is 1. The van der Waals surface area contributed by atoms with Crippen molar-refractivity contribution >= 4 is 5.82 Å². The summed E-state index contributed by atoms with van der Waals surface area (Å²) in [7, 11) is 0. The number of benzene rings is 1. The topological polar surface area (TPSA) is 45.6 Å². The van der Waals surface area contributed by atoms with E-state index in [0.29, 0.717) is 18.7 Å². The highest BCUT2D eigenvalue weighted by molar-refractivity contribution is 5.66. The summed E-state index contributed by atoms with van der Waals surface area (Å²) in [6, 6.07) is 5.79. The fraction of sp³-hybridized carbons (Fsp3) is 0.353. The number of anilines is 1. The van der Waals surface area contributed by atoms with Gasteiger partial charge in [-0.25, -0.2) is 18.2 Å². The molecule has 0 saturated carbocycles. The lowest BCUT2D eigenvalue weighted by atomic mass is 10.0. The van der Waals surface area contributed by atoms with Crippen LogP contribution in [0.1, 0.15) is 5.56 Å². The van der Waals surface area contributed by atoms with Crippen molar-refractivity contribution in [3.63, 3.8) is 0 Å². The fourth-order valence-electron chi connectivity index (χ4n) is 2.66. The molecule has 1 aromatic carbocycles. The summed E-state index contributed by atoms with van der Waals surface area (Å²) in [5, 5.41) is 9.12. The van der Waals surface area contributed by atoms with Crippen molar-refractivity contribution in [2.45, 2.75) is 12.7 Å². The van der Waals surface area contributed by atoms with Gasteiger partial charge < -0.3 is 14.7 Å². The monoisotopic (exact) mass is 338 g/mol. The number of pyridine rings is 1. The van der Waals surface area contributed by atoms with E-state index < -0.39 is 24.9 Å². The molecule has 1 aliphatic heterocycles. The molecule has 4 nitrogen and oxygen atoms in total. The van der Waals surface area contributed by atoms with E-state index in [1.807, 2.05) is 0 Å². The number of hydrogen-bond donors (Lipinski definition) is 1. The second-order valence-corrected chi connectivity index (χ2v) is 5.55. The molecular weight excluding hydrogens is 321 g/mol. The smallest absolute Gasteiger partial charge is 0.166 e. The van der Waals surface area contributed by atoms with Crippen molar-refractivity contribution in [3.8, 4) is 11.1 Å². The third-order valence-corrected chi connectivity index (χ3v) is 3.96. The van der Waals surface area contributed by atoms with Gasteiger partial charge in [-0.3, -0.25) is 0 Å². The van der Waals surface area contributed by atoms with E-state index in [2.05, 4.69) is 4.98 Å². The molecule has 24 heavy (non-hydrogen) atoms. The Morgan fingerprint density at radius 1 is 1.29 bits per heavy atom. The molecule has 0 spiro atoms. The van der Waals surface area contributed by atoms with Crippen LogP contribution in [0.2, 0.25) is 0 Å². The maximum absolute atomic E-state index is 14.3. The number of halogens is 3. The maximum Gasteiger partial charge on any atom is 0.166 e. The van der Waals surface area contributed by atoms with Gasteiger partial charge in [0.05, 0.1) is 19.3 Å². The Morgan fingerprint density at radius 3 is 2.75 bits per heavy atom. The van der Waals surface area contributed by atoms with Crippen LogP contribution < -0.4 is 4.90 Å². The first-order chi connectivity index (χ1) is 11.6. The number of rotatable bonds is 6. The van der Waals surface area contributed by atoms with E-state index in [1.54, 1.807) is 11.0 Å². The maximum atomic E-state index is 14.3. The van der Waals surface area contributed by atoms with E-state index in [4.69, 9.17) is 9.84 Å². The van der Waals surface area contributed by atoms with Crippen molar-refractivity contribution in [2.75, 3.05) is 31.3 Å². The second kappa shape index (κ2) is 7.19. The van der Waals surface area contributed by atoms with Gasteiger partial charge in [0, 0.05) is 36.0 Å². The van der Waals surface area contributed by atoms with Crippen LogP contribution >= 0.6 is 0 Å². The number of aliphatic hydroxyl groups excluding tert-OH is 1. The standard InChI is InChI=1S/C17H17F3N2O2/c18-4-5-24-13-8-22(9-13)17-15(19)6-12(7-21-17)14-3-1-2-11(10-23)16(14)20/h1-3,6-7,13,23H,4-5,8-10H2. The molecule has 2 aromatic rings. The number of nitrogens with zero attached hydrogens (tertiary/aromatic N) is 2. The lowest BCUT2D eigenvalue weighted by molar-refractivity contribution is 0.0262. The van der Waals surface area contributed by atoms with Gasteiger partial charge in [0.2, 0.25) is 0 Å². The predicted molar refractivity (Wildman–Crippen MR) is 83.4 cm³/mol.